The molecule has 0 atom stereocenters. The average molecular weight is 261 g/mol. The van der Waals surface area contributed by atoms with E-state index in [4.69, 9.17) is 4.74 Å². The number of hydrogen-bond donors (Lipinski definition) is 1. The normalized spacial score (nSPS) is 10.7. The molecule has 0 fully saturated rings. The summed E-state index contributed by atoms with van der Waals surface area (Å²) in [5.41, 5.74) is 0.991. The van der Waals surface area contributed by atoms with E-state index in [9.17, 15) is 0 Å². The zero-order chi connectivity index (χ0) is 12.6. The SMILES string of the molecule is SCCCCCCOc1ccc2cccnc2c1. The van der Waals surface area contributed by atoms with Crippen LogP contribution >= 0.6 is 12.6 Å². The molecule has 0 N–H and O–H groups in total. The van der Waals surface area contributed by atoms with E-state index < -0.39 is 0 Å². The van der Waals surface area contributed by atoms with Crippen LogP contribution in [0.5, 0.6) is 5.75 Å². The molecule has 0 aliphatic rings. The van der Waals surface area contributed by atoms with Crippen molar-refractivity contribution in [3.05, 3.63) is 36.5 Å². The highest BCUT2D eigenvalue weighted by Gasteiger charge is 1.98. The predicted octanol–water partition coefficient (Wildman–Crippen LogP) is 4.10. The Morgan fingerprint density at radius 1 is 1.06 bits per heavy atom. The summed E-state index contributed by atoms with van der Waals surface area (Å²) in [5, 5.41) is 1.15. The molecule has 0 aliphatic heterocycles. The van der Waals surface area contributed by atoms with Gasteiger partial charge in [0.1, 0.15) is 5.75 Å². The molecule has 0 saturated carbocycles. The smallest absolute Gasteiger partial charge is 0.121 e. The third-order valence-corrected chi connectivity index (χ3v) is 3.21. The first-order chi connectivity index (χ1) is 8.90. The zero-order valence-electron chi connectivity index (χ0n) is 10.5. The van der Waals surface area contributed by atoms with Gasteiger partial charge in [-0.2, -0.15) is 12.6 Å². The van der Waals surface area contributed by atoms with Crippen LogP contribution in [0.1, 0.15) is 25.7 Å². The van der Waals surface area contributed by atoms with Crippen molar-refractivity contribution in [2.24, 2.45) is 0 Å². The molecule has 2 nitrogen and oxygen atoms in total. The monoisotopic (exact) mass is 261 g/mol. The van der Waals surface area contributed by atoms with E-state index in [1.807, 2.05) is 24.4 Å². The Bertz CT molecular complexity index is 487. The van der Waals surface area contributed by atoms with Crippen molar-refractivity contribution in [3.8, 4) is 5.75 Å². The maximum atomic E-state index is 5.74. The van der Waals surface area contributed by atoms with Gasteiger partial charge in [-0.05, 0) is 36.8 Å². The van der Waals surface area contributed by atoms with E-state index in [0.717, 1.165) is 35.4 Å². The molecule has 0 saturated heterocycles. The van der Waals surface area contributed by atoms with Gasteiger partial charge in [-0.1, -0.05) is 18.9 Å². The Hall–Kier alpha value is -1.22. The second kappa shape index (κ2) is 7.27. The van der Waals surface area contributed by atoms with Crippen LogP contribution in [0.25, 0.3) is 10.9 Å². The number of hydrogen-bond acceptors (Lipinski definition) is 3. The number of ether oxygens (including phenoxy) is 1. The first-order valence-corrected chi connectivity index (χ1v) is 7.12. The number of pyridine rings is 1. The average Bonchev–Trinajstić information content (AvgIpc) is 2.42. The molecule has 18 heavy (non-hydrogen) atoms. The molecule has 0 unspecified atom stereocenters. The van der Waals surface area contributed by atoms with Gasteiger partial charge < -0.3 is 4.74 Å². The highest BCUT2D eigenvalue weighted by atomic mass is 32.1. The molecule has 96 valence electrons. The quantitative estimate of drug-likeness (QED) is 0.598. The third-order valence-electron chi connectivity index (χ3n) is 2.90. The number of thiol groups is 1. The number of fused-ring (bicyclic) bond motifs is 1. The minimum Gasteiger partial charge on any atom is -0.494 e. The Morgan fingerprint density at radius 3 is 2.83 bits per heavy atom. The van der Waals surface area contributed by atoms with Gasteiger partial charge in [-0.15, -0.1) is 0 Å². The molecular formula is C15H19NOS. The molecule has 3 heteroatoms. The fourth-order valence-electron chi connectivity index (χ4n) is 1.89. The van der Waals surface area contributed by atoms with Gasteiger partial charge in [0.15, 0.2) is 0 Å². The fourth-order valence-corrected chi connectivity index (χ4v) is 2.12. The highest BCUT2D eigenvalue weighted by molar-refractivity contribution is 7.80. The Morgan fingerprint density at radius 2 is 1.94 bits per heavy atom. The molecule has 2 aromatic rings. The number of nitrogens with zero attached hydrogens (tertiary/aromatic N) is 1. The lowest BCUT2D eigenvalue weighted by Gasteiger charge is -2.06. The molecule has 0 radical (unpaired) electrons. The van der Waals surface area contributed by atoms with Crippen LogP contribution in [0.3, 0.4) is 0 Å². The van der Waals surface area contributed by atoms with E-state index in [0.29, 0.717) is 0 Å². The van der Waals surface area contributed by atoms with Crippen LogP contribution in [0, 0.1) is 0 Å². The van der Waals surface area contributed by atoms with Crippen LogP contribution < -0.4 is 4.74 Å². The van der Waals surface area contributed by atoms with Gasteiger partial charge >= 0.3 is 0 Å². The lowest BCUT2D eigenvalue weighted by atomic mass is 10.2. The van der Waals surface area contributed by atoms with E-state index in [-0.39, 0.29) is 0 Å². The van der Waals surface area contributed by atoms with Gasteiger partial charge in [0.05, 0.1) is 12.1 Å². The van der Waals surface area contributed by atoms with Crippen LogP contribution in [0.2, 0.25) is 0 Å². The van der Waals surface area contributed by atoms with Crippen LogP contribution in [0.15, 0.2) is 36.5 Å². The van der Waals surface area contributed by atoms with Gasteiger partial charge in [0, 0.05) is 17.6 Å². The van der Waals surface area contributed by atoms with Crippen LogP contribution in [-0.2, 0) is 0 Å². The van der Waals surface area contributed by atoms with Gasteiger partial charge in [0.25, 0.3) is 0 Å². The van der Waals surface area contributed by atoms with Crippen molar-refractivity contribution in [3.63, 3.8) is 0 Å². The van der Waals surface area contributed by atoms with Crippen LogP contribution in [-0.4, -0.2) is 17.3 Å². The molecule has 0 aliphatic carbocycles. The largest absolute Gasteiger partial charge is 0.494 e. The maximum absolute atomic E-state index is 5.74. The molecule has 1 heterocycles. The third kappa shape index (κ3) is 3.91. The Kier molecular flexibility index (Phi) is 5.34. The van der Waals surface area contributed by atoms with E-state index in [1.165, 1.54) is 19.3 Å². The van der Waals surface area contributed by atoms with Gasteiger partial charge in [-0.25, -0.2) is 0 Å². The van der Waals surface area contributed by atoms with Crippen molar-refractivity contribution in [1.29, 1.82) is 0 Å². The molecule has 0 bridgehead atoms. The lowest BCUT2D eigenvalue weighted by molar-refractivity contribution is 0.305. The summed E-state index contributed by atoms with van der Waals surface area (Å²) in [7, 11) is 0. The number of unbranched alkanes of at least 4 members (excludes halogenated alkanes) is 3. The summed E-state index contributed by atoms with van der Waals surface area (Å²) in [5.74, 6) is 1.90. The second-order valence-corrected chi connectivity index (χ2v) is 4.79. The number of benzene rings is 1. The molecular weight excluding hydrogens is 242 g/mol. The molecule has 1 aromatic carbocycles. The summed E-state index contributed by atoms with van der Waals surface area (Å²) in [4.78, 5) is 4.32. The van der Waals surface area contributed by atoms with Gasteiger partial charge in [-0.3, -0.25) is 4.98 Å². The van der Waals surface area contributed by atoms with E-state index in [1.54, 1.807) is 0 Å². The van der Waals surface area contributed by atoms with Crippen molar-refractivity contribution in [2.75, 3.05) is 12.4 Å². The molecule has 0 spiro atoms. The first kappa shape index (κ1) is 13.2. The van der Waals surface area contributed by atoms with Crippen molar-refractivity contribution >= 4 is 23.5 Å². The van der Waals surface area contributed by atoms with Crippen molar-refractivity contribution in [2.45, 2.75) is 25.7 Å². The zero-order valence-corrected chi connectivity index (χ0v) is 11.4. The summed E-state index contributed by atoms with van der Waals surface area (Å²) < 4.78 is 5.74. The number of aromatic nitrogens is 1. The molecule has 2 rings (SSSR count). The highest BCUT2D eigenvalue weighted by Crippen LogP contribution is 2.19. The first-order valence-electron chi connectivity index (χ1n) is 6.48. The number of rotatable bonds is 7. The lowest BCUT2D eigenvalue weighted by Crippen LogP contribution is -1.97. The van der Waals surface area contributed by atoms with E-state index in [2.05, 4.69) is 29.7 Å². The van der Waals surface area contributed by atoms with Crippen molar-refractivity contribution < 1.29 is 4.74 Å². The van der Waals surface area contributed by atoms with E-state index >= 15 is 0 Å². The minimum atomic E-state index is 0.783. The van der Waals surface area contributed by atoms with Crippen LogP contribution in [0.4, 0.5) is 0 Å². The summed E-state index contributed by atoms with van der Waals surface area (Å²) in [6.45, 7) is 0.783. The Balaban J connectivity index is 1.81. The second-order valence-electron chi connectivity index (χ2n) is 4.34. The summed E-state index contributed by atoms with van der Waals surface area (Å²) in [6, 6.07) is 10.1. The molecule has 0 amide bonds. The maximum Gasteiger partial charge on any atom is 0.121 e. The van der Waals surface area contributed by atoms with Gasteiger partial charge in [0.2, 0.25) is 0 Å². The fraction of sp³-hybridized carbons (Fsp3) is 0.400. The summed E-state index contributed by atoms with van der Waals surface area (Å²) in [6.07, 6.45) is 6.57. The molecule has 1 aromatic heterocycles. The predicted molar refractivity (Wildman–Crippen MR) is 79.6 cm³/mol. The Labute approximate surface area is 114 Å². The standard InChI is InChI=1S/C15H19NOS/c18-11-4-2-1-3-10-17-14-8-7-13-6-5-9-16-15(13)12-14/h5-9,12,18H,1-4,10-11H2. The summed E-state index contributed by atoms with van der Waals surface area (Å²) >= 11 is 4.20. The topological polar surface area (TPSA) is 22.1 Å². The minimum absolute atomic E-state index is 0.783. The van der Waals surface area contributed by atoms with Crippen molar-refractivity contribution in [1.82, 2.24) is 4.98 Å².